The lowest BCUT2D eigenvalue weighted by Gasteiger charge is -2.23. The number of amides is 1. The summed E-state index contributed by atoms with van der Waals surface area (Å²) in [4.78, 5) is 13.9. The van der Waals surface area contributed by atoms with Crippen molar-refractivity contribution in [2.75, 3.05) is 23.8 Å². The highest BCUT2D eigenvalue weighted by atomic mass is 79.9. The number of nitrogen functional groups attached to an aromatic ring is 1. The van der Waals surface area contributed by atoms with E-state index in [0.29, 0.717) is 11.4 Å². The average Bonchev–Trinajstić information content (AvgIpc) is 2.48. The van der Waals surface area contributed by atoms with Gasteiger partial charge in [0.05, 0.1) is 22.5 Å². The number of aliphatic hydroxyl groups excluding tert-OH is 1. The Kier molecular flexibility index (Phi) is 4.93. The predicted molar refractivity (Wildman–Crippen MR) is 83.7 cm³/mol. The molecule has 0 radical (unpaired) electrons. The van der Waals surface area contributed by atoms with E-state index in [0.717, 1.165) is 6.07 Å². The van der Waals surface area contributed by atoms with E-state index in [1.54, 1.807) is 24.3 Å². The molecule has 0 unspecified atom stereocenters. The molecule has 0 aromatic heterocycles. The van der Waals surface area contributed by atoms with Gasteiger partial charge in [-0.15, -0.1) is 0 Å². The molecule has 0 saturated carbocycles. The van der Waals surface area contributed by atoms with Gasteiger partial charge in [-0.1, -0.05) is 12.1 Å². The van der Waals surface area contributed by atoms with Crippen LogP contribution in [0, 0.1) is 5.82 Å². The van der Waals surface area contributed by atoms with E-state index in [1.165, 1.54) is 17.0 Å². The Morgan fingerprint density at radius 3 is 2.62 bits per heavy atom. The fourth-order valence-corrected chi connectivity index (χ4v) is 2.20. The maximum absolute atomic E-state index is 13.6. The van der Waals surface area contributed by atoms with Crippen LogP contribution in [-0.4, -0.2) is 24.2 Å². The molecule has 6 heteroatoms. The molecule has 0 aliphatic rings. The van der Waals surface area contributed by atoms with Crippen molar-refractivity contribution in [2.24, 2.45) is 0 Å². The number of benzene rings is 2. The van der Waals surface area contributed by atoms with Gasteiger partial charge in [0.15, 0.2) is 0 Å². The second-order valence-corrected chi connectivity index (χ2v) is 5.22. The summed E-state index contributed by atoms with van der Waals surface area (Å²) in [5.41, 5.74) is 6.95. The van der Waals surface area contributed by atoms with Crippen molar-refractivity contribution in [3.05, 3.63) is 58.3 Å². The Balaban J connectivity index is 2.40. The third-order valence-corrected chi connectivity index (χ3v) is 3.61. The maximum atomic E-state index is 13.6. The molecule has 0 aliphatic carbocycles. The van der Waals surface area contributed by atoms with Crippen molar-refractivity contribution in [3.8, 4) is 0 Å². The zero-order valence-corrected chi connectivity index (χ0v) is 12.7. The zero-order chi connectivity index (χ0) is 15.4. The van der Waals surface area contributed by atoms with Crippen molar-refractivity contribution in [1.82, 2.24) is 0 Å². The van der Waals surface area contributed by atoms with E-state index >= 15 is 0 Å². The van der Waals surface area contributed by atoms with Gasteiger partial charge >= 0.3 is 0 Å². The Morgan fingerprint density at radius 1 is 1.29 bits per heavy atom. The van der Waals surface area contributed by atoms with Gasteiger partial charge in [-0.25, -0.2) is 4.39 Å². The number of hydrogen-bond acceptors (Lipinski definition) is 3. The summed E-state index contributed by atoms with van der Waals surface area (Å²) in [5.74, 6) is -0.945. The van der Waals surface area contributed by atoms with E-state index in [9.17, 15) is 9.18 Å². The van der Waals surface area contributed by atoms with Crippen LogP contribution in [0.25, 0.3) is 0 Å². The standard InChI is InChI=1S/C15H14BrFN2O2/c16-11-6-5-10(9-12(11)17)15(21)19(7-8-20)14-4-2-1-3-13(14)18/h1-6,9,20H,7-8,18H2. The van der Waals surface area contributed by atoms with Gasteiger partial charge in [-0.05, 0) is 46.3 Å². The molecule has 0 atom stereocenters. The molecule has 0 aliphatic heterocycles. The van der Waals surface area contributed by atoms with Gasteiger partial charge in [0.2, 0.25) is 0 Å². The van der Waals surface area contributed by atoms with Gasteiger partial charge in [0, 0.05) is 12.1 Å². The molecular formula is C15H14BrFN2O2. The highest BCUT2D eigenvalue weighted by Gasteiger charge is 2.20. The van der Waals surface area contributed by atoms with Gasteiger partial charge in [0.1, 0.15) is 5.82 Å². The van der Waals surface area contributed by atoms with Crippen LogP contribution < -0.4 is 10.6 Å². The van der Waals surface area contributed by atoms with Crippen molar-refractivity contribution in [3.63, 3.8) is 0 Å². The number of hydrogen-bond donors (Lipinski definition) is 2. The number of rotatable bonds is 4. The molecule has 2 aromatic rings. The minimum atomic E-state index is -0.522. The molecule has 110 valence electrons. The molecule has 1 amide bonds. The van der Waals surface area contributed by atoms with E-state index < -0.39 is 11.7 Å². The van der Waals surface area contributed by atoms with Crippen LogP contribution >= 0.6 is 15.9 Å². The van der Waals surface area contributed by atoms with Gasteiger partial charge in [-0.2, -0.15) is 0 Å². The summed E-state index contributed by atoms with van der Waals surface area (Å²) in [6.07, 6.45) is 0. The number of para-hydroxylation sites is 2. The SMILES string of the molecule is Nc1ccccc1N(CCO)C(=O)c1ccc(Br)c(F)c1. The van der Waals surface area contributed by atoms with Gasteiger partial charge < -0.3 is 15.7 Å². The van der Waals surface area contributed by atoms with E-state index in [-0.39, 0.29) is 23.2 Å². The molecule has 3 N–H and O–H groups in total. The normalized spacial score (nSPS) is 10.4. The molecular weight excluding hydrogens is 339 g/mol. The van der Waals surface area contributed by atoms with Crippen LogP contribution in [0.4, 0.5) is 15.8 Å². The Hall–Kier alpha value is -1.92. The predicted octanol–water partition coefficient (Wildman–Crippen LogP) is 2.81. The van der Waals surface area contributed by atoms with E-state index in [4.69, 9.17) is 10.8 Å². The molecule has 21 heavy (non-hydrogen) atoms. The van der Waals surface area contributed by atoms with Crippen molar-refractivity contribution >= 4 is 33.2 Å². The van der Waals surface area contributed by atoms with Gasteiger partial charge in [-0.3, -0.25) is 4.79 Å². The topological polar surface area (TPSA) is 66.6 Å². The Bertz CT molecular complexity index is 664. The van der Waals surface area contributed by atoms with Gasteiger partial charge in [0.25, 0.3) is 5.91 Å². The summed E-state index contributed by atoms with van der Waals surface area (Å²) >= 11 is 3.04. The van der Waals surface area contributed by atoms with Crippen LogP contribution in [0.5, 0.6) is 0 Å². The van der Waals surface area contributed by atoms with Crippen LogP contribution in [0.1, 0.15) is 10.4 Å². The van der Waals surface area contributed by atoms with Crippen molar-refractivity contribution < 1.29 is 14.3 Å². The molecule has 0 fully saturated rings. The van der Waals surface area contributed by atoms with E-state index in [1.807, 2.05) is 0 Å². The Morgan fingerprint density at radius 2 is 2.00 bits per heavy atom. The monoisotopic (exact) mass is 352 g/mol. The minimum absolute atomic E-state index is 0.0741. The van der Waals surface area contributed by atoms with E-state index in [2.05, 4.69) is 15.9 Å². The lowest BCUT2D eigenvalue weighted by Crippen LogP contribution is -2.34. The number of anilines is 2. The summed E-state index contributed by atoms with van der Waals surface area (Å²) < 4.78 is 13.9. The zero-order valence-electron chi connectivity index (χ0n) is 11.1. The number of carbonyl (C=O) groups excluding carboxylic acids is 1. The molecule has 0 bridgehead atoms. The average molecular weight is 353 g/mol. The number of nitrogens with zero attached hydrogens (tertiary/aromatic N) is 1. The van der Waals surface area contributed by atoms with Crippen molar-refractivity contribution in [1.29, 1.82) is 0 Å². The third-order valence-electron chi connectivity index (χ3n) is 2.96. The lowest BCUT2D eigenvalue weighted by molar-refractivity contribution is 0.0980. The fraction of sp³-hybridized carbons (Fsp3) is 0.133. The first kappa shape index (κ1) is 15.5. The maximum Gasteiger partial charge on any atom is 0.258 e. The number of aliphatic hydroxyl groups is 1. The molecule has 4 nitrogen and oxygen atoms in total. The van der Waals surface area contributed by atoms with Crippen LogP contribution in [0.2, 0.25) is 0 Å². The highest BCUT2D eigenvalue weighted by molar-refractivity contribution is 9.10. The summed E-state index contributed by atoms with van der Waals surface area (Å²) in [6, 6.07) is 11.0. The largest absolute Gasteiger partial charge is 0.397 e. The molecule has 0 heterocycles. The molecule has 2 rings (SSSR count). The lowest BCUT2D eigenvalue weighted by atomic mass is 10.1. The van der Waals surface area contributed by atoms with Crippen LogP contribution in [0.15, 0.2) is 46.9 Å². The second kappa shape index (κ2) is 6.69. The number of nitrogens with two attached hydrogens (primary N) is 1. The first-order chi connectivity index (χ1) is 10.0. The number of halogens is 2. The fourth-order valence-electron chi connectivity index (χ4n) is 1.95. The quantitative estimate of drug-likeness (QED) is 0.831. The summed E-state index contributed by atoms with van der Waals surface area (Å²) in [7, 11) is 0. The summed E-state index contributed by atoms with van der Waals surface area (Å²) in [5, 5.41) is 9.17. The first-order valence-electron chi connectivity index (χ1n) is 6.27. The molecule has 0 saturated heterocycles. The highest BCUT2D eigenvalue weighted by Crippen LogP contribution is 2.25. The minimum Gasteiger partial charge on any atom is -0.397 e. The number of carbonyl (C=O) groups is 1. The second-order valence-electron chi connectivity index (χ2n) is 4.37. The summed E-state index contributed by atoms with van der Waals surface area (Å²) in [6.45, 7) is -0.149. The molecule has 0 spiro atoms. The first-order valence-corrected chi connectivity index (χ1v) is 7.06. The third kappa shape index (κ3) is 3.40. The van der Waals surface area contributed by atoms with Crippen LogP contribution in [0.3, 0.4) is 0 Å². The smallest absolute Gasteiger partial charge is 0.258 e. The van der Waals surface area contributed by atoms with Crippen LogP contribution in [-0.2, 0) is 0 Å². The Labute approximate surface area is 130 Å². The molecule has 2 aromatic carbocycles. The van der Waals surface area contributed by atoms with Crippen molar-refractivity contribution in [2.45, 2.75) is 0 Å².